The molecule has 0 saturated heterocycles. The van der Waals surface area contributed by atoms with Crippen LogP contribution in [0.15, 0.2) is 30.3 Å². The molecular formula is C19H24N4O. The molecule has 1 aliphatic rings. The van der Waals surface area contributed by atoms with Gasteiger partial charge in [0.25, 0.3) is 0 Å². The molecule has 5 nitrogen and oxygen atoms in total. The lowest BCUT2D eigenvalue weighted by Gasteiger charge is -2.31. The van der Waals surface area contributed by atoms with Crippen molar-refractivity contribution in [1.82, 2.24) is 14.9 Å². The van der Waals surface area contributed by atoms with Crippen LogP contribution < -0.4 is 4.90 Å². The first-order valence-corrected chi connectivity index (χ1v) is 8.38. The fourth-order valence-corrected chi connectivity index (χ4v) is 3.05. The zero-order chi connectivity index (χ0) is 17.3. The Hall–Kier alpha value is -2.43. The second-order valence-corrected chi connectivity index (χ2v) is 6.72. The van der Waals surface area contributed by atoms with Crippen LogP contribution in [0.25, 0.3) is 11.4 Å². The third-order valence-electron chi connectivity index (χ3n) is 4.30. The standard InChI is InChI=1S/C19H24N4O/c1-13(2)19(24)23-11-10-15-16(12-23)20-17(21-18(15)22(3)4)14-8-6-5-7-9-14/h5-9,13H,10-12H2,1-4H3. The minimum Gasteiger partial charge on any atom is -0.362 e. The first-order valence-electron chi connectivity index (χ1n) is 8.38. The molecular weight excluding hydrogens is 300 g/mol. The molecule has 1 aliphatic heterocycles. The number of carbonyl (C=O) groups is 1. The lowest BCUT2D eigenvalue weighted by molar-refractivity contribution is -0.135. The zero-order valence-corrected chi connectivity index (χ0v) is 14.8. The van der Waals surface area contributed by atoms with Crippen molar-refractivity contribution in [2.24, 2.45) is 5.92 Å². The van der Waals surface area contributed by atoms with Crippen LogP contribution in [0.4, 0.5) is 5.82 Å². The van der Waals surface area contributed by atoms with Gasteiger partial charge < -0.3 is 9.80 Å². The van der Waals surface area contributed by atoms with Crippen molar-refractivity contribution in [3.63, 3.8) is 0 Å². The number of amides is 1. The molecule has 1 aromatic carbocycles. The molecule has 1 aromatic heterocycles. The van der Waals surface area contributed by atoms with Gasteiger partial charge in [-0.05, 0) is 6.42 Å². The number of hydrogen-bond acceptors (Lipinski definition) is 4. The number of aromatic nitrogens is 2. The van der Waals surface area contributed by atoms with Crippen LogP contribution in [0, 0.1) is 5.92 Å². The molecule has 3 rings (SSSR count). The van der Waals surface area contributed by atoms with Crippen LogP contribution in [0.1, 0.15) is 25.1 Å². The maximum atomic E-state index is 12.4. The SMILES string of the molecule is CC(C)C(=O)N1CCc2c(nc(-c3ccccc3)nc2N(C)C)C1. The summed E-state index contributed by atoms with van der Waals surface area (Å²) < 4.78 is 0. The molecule has 0 fully saturated rings. The van der Waals surface area contributed by atoms with Gasteiger partial charge in [0.2, 0.25) is 5.91 Å². The normalized spacial score (nSPS) is 13.8. The number of anilines is 1. The summed E-state index contributed by atoms with van der Waals surface area (Å²) in [5, 5.41) is 0. The summed E-state index contributed by atoms with van der Waals surface area (Å²) in [5.41, 5.74) is 3.12. The van der Waals surface area contributed by atoms with Gasteiger partial charge in [0.05, 0.1) is 12.2 Å². The van der Waals surface area contributed by atoms with Crippen LogP contribution in [-0.4, -0.2) is 41.4 Å². The molecule has 1 amide bonds. The van der Waals surface area contributed by atoms with Gasteiger partial charge in [-0.3, -0.25) is 4.79 Å². The van der Waals surface area contributed by atoms with Crippen LogP contribution in [0.3, 0.4) is 0 Å². The molecule has 0 N–H and O–H groups in total. The Balaban J connectivity index is 2.04. The molecule has 0 unspecified atom stereocenters. The highest BCUT2D eigenvalue weighted by Crippen LogP contribution is 2.29. The van der Waals surface area contributed by atoms with Crippen molar-refractivity contribution in [3.05, 3.63) is 41.6 Å². The Kier molecular flexibility index (Phi) is 4.51. The molecule has 0 atom stereocenters. The topological polar surface area (TPSA) is 49.3 Å². The molecule has 0 radical (unpaired) electrons. The van der Waals surface area contributed by atoms with Gasteiger partial charge in [0, 0.05) is 37.7 Å². The predicted molar refractivity (Wildman–Crippen MR) is 95.8 cm³/mol. The van der Waals surface area contributed by atoms with Crippen molar-refractivity contribution < 1.29 is 4.79 Å². The van der Waals surface area contributed by atoms with E-state index >= 15 is 0 Å². The molecule has 0 aliphatic carbocycles. The highest BCUT2D eigenvalue weighted by atomic mass is 16.2. The first kappa shape index (κ1) is 16.4. The number of rotatable bonds is 3. The summed E-state index contributed by atoms with van der Waals surface area (Å²) in [4.78, 5) is 25.9. The Bertz CT molecular complexity index is 741. The zero-order valence-electron chi connectivity index (χ0n) is 14.8. The average molecular weight is 324 g/mol. The Morgan fingerprint density at radius 1 is 1.17 bits per heavy atom. The number of nitrogens with zero attached hydrogens (tertiary/aromatic N) is 4. The Labute approximate surface area is 143 Å². The summed E-state index contributed by atoms with van der Waals surface area (Å²) in [6.45, 7) is 5.19. The second-order valence-electron chi connectivity index (χ2n) is 6.72. The molecule has 0 saturated carbocycles. The van der Waals surface area contributed by atoms with Crippen LogP contribution in [0.5, 0.6) is 0 Å². The Morgan fingerprint density at radius 2 is 1.88 bits per heavy atom. The van der Waals surface area contributed by atoms with E-state index < -0.39 is 0 Å². The van der Waals surface area contributed by atoms with Crippen molar-refractivity contribution in [2.45, 2.75) is 26.8 Å². The van der Waals surface area contributed by atoms with E-state index in [0.29, 0.717) is 6.54 Å². The van der Waals surface area contributed by atoms with E-state index in [2.05, 4.69) is 0 Å². The largest absolute Gasteiger partial charge is 0.362 e. The van der Waals surface area contributed by atoms with Gasteiger partial charge in [-0.1, -0.05) is 44.2 Å². The number of benzene rings is 1. The summed E-state index contributed by atoms with van der Waals surface area (Å²) >= 11 is 0. The number of hydrogen-bond donors (Lipinski definition) is 0. The van der Waals surface area contributed by atoms with E-state index in [1.165, 1.54) is 0 Å². The van der Waals surface area contributed by atoms with Gasteiger partial charge in [0.15, 0.2) is 5.82 Å². The first-order chi connectivity index (χ1) is 11.5. The molecule has 5 heteroatoms. The second kappa shape index (κ2) is 6.59. The molecule has 0 spiro atoms. The fourth-order valence-electron chi connectivity index (χ4n) is 3.05. The molecule has 2 aromatic rings. The predicted octanol–water partition coefficient (Wildman–Crippen LogP) is 2.75. The molecule has 126 valence electrons. The quantitative estimate of drug-likeness (QED) is 0.871. The van der Waals surface area contributed by atoms with Crippen molar-refractivity contribution in [1.29, 1.82) is 0 Å². The van der Waals surface area contributed by atoms with E-state index in [-0.39, 0.29) is 11.8 Å². The molecule has 24 heavy (non-hydrogen) atoms. The average Bonchev–Trinajstić information content (AvgIpc) is 2.60. The third kappa shape index (κ3) is 3.11. The van der Waals surface area contributed by atoms with E-state index in [1.54, 1.807) is 0 Å². The Morgan fingerprint density at radius 3 is 2.50 bits per heavy atom. The van der Waals surface area contributed by atoms with E-state index in [9.17, 15) is 4.79 Å². The van der Waals surface area contributed by atoms with E-state index in [0.717, 1.165) is 41.4 Å². The summed E-state index contributed by atoms with van der Waals surface area (Å²) in [5.74, 6) is 1.87. The van der Waals surface area contributed by atoms with Crippen molar-refractivity contribution in [2.75, 3.05) is 25.5 Å². The van der Waals surface area contributed by atoms with E-state index in [4.69, 9.17) is 9.97 Å². The number of carbonyl (C=O) groups excluding carboxylic acids is 1. The lowest BCUT2D eigenvalue weighted by atomic mass is 10.0. The highest BCUT2D eigenvalue weighted by molar-refractivity contribution is 5.78. The van der Waals surface area contributed by atoms with Gasteiger partial charge in [-0.15, -0.1) is 0 Å². The lowest BCUT2D eigenvalue weighted by Crippen LogP contribution is -2.39. The van der Waals surface area contributed by atoms with Crippen molar-refractivity contribution >= 4 is 11.7 Å². The molecule has 0 bridgehead atoms. The van der Waals surface area contributed by atoms with Crippen LogP contribution in [0.2, 0.25) is 0 Å². The smallest absolute Gasteiger partial charge is 0.225 e. The monoisotopic (exact) mass is 324 g/mol. The summed E-state index contributed by atoms with van der Waals surface area (Å²) in [6, 6.07) is 9.99. The highest BCUT2D eigenvalue weighted by Gasteiger charge is 2.27. The van der Waals surface area contributed by atoms with Gasteiger partial charge in [-0.25, -0.2) is 9.97 Å². The maximum absolute atomic E-state index is 12.4. The van der Waals surface area contributed by atoms with Gasteiger partial charge in [-0.2, -0.15) is 0 Å². The van der Waals surface area contributed by atoms with Crippen LogP contribution >= 0.6 is 0 Å². The number of fused-ring (bicyclic) bond motifs is 1. The molecule has 2 heterocycles. The summed E-state index contributed by atoms with van der Waals surface area (Å²) in [6.07, 6.45) is 0.802. The summed E-state index contributed by atoms with van der Waals surface area (Å²) in [7, 11) is 4.01. The fraction of sp³-hybridized carbons (Fsp3) is 0.421. The van der Waals surface area contributed by atoms with Gasteiger partial charge in [0.1, 0.15) is 5.82 Å². The minimum atomic E-state index is 0.00954. The van der Waals surface area contributed by atoms with Crippen molar-refractivity contribution in [3.8, 4) is 11.4 Å². The maximum Gasteiger partial charge on any atom is 0.225 e. The van der Waals surface area contributed by atoms with Crippen LogP contribution in [-0.2, 0) is 17.8 Å². The van der Waals surface area contributed by atoms with E-state index in [1.807, 2.05) is 68.1 Å². The van der Waals surface area contributed by atoms with Gasteiger partial charge >= 0.3 is 0 Å². The third-order valence-corrected chi connectivity index (χ3v) is 4.30. The minimum absolute atomic E-state index is 0.00954.